The second kappa shape index (κ2) is 12.3. The zero-order valence-electron chi connectivity index (χ0n) is 14.6. The van der Waals surface area contributed by atoms with Gasteiger partial charge in [-0.2, -0.15) is 0 Å². The quantitative estimate of drug-likeness (QED) is 0.199. The van der Waals surface area contributed by atoms with Crippen LogP contribution in [-0.2, 0) is 13.6 Å². The fraction of sp³-hybridized carbons (Fsp3) is 0.875. The summed E-state index contributed by atoms with van der Waals surface area (Å²) in [6.45, 7) is 4.72. The normalized spacial score (nSPS) is 14.7. The highest BCUT2D eigenvalue weighted by Crippen LogP contribution is 2.38. The highest BCUT2D eigenvalue weighted by Gasteiger charge is 2.12. The van der Waals surface area contributed by atoms with Crippen LogP contribution in [-0.4, -0.2) is 45.4 Å². The van der Waals surface area contributed by atoms with Crippen molar-refractivity contribution < 1.29 is 23.0 Å². The summed E-state index contributed by atoms with van der Waals surface area (Å²) < 4.78 is 21.9. The number of phosphoric ester groups is 1. The minimum absolute atomic E-state index is 0.162. The van der Waals surface area contributed by atoms with Crippen LogP contribution in [0.4, 0.5) is 0 Å². The number of quaternary nitrogens is 1. The maximum absolute atomic E-state index is 11.5. The van der Waals surface area contributed by atoms with Crippen LogP contribution in [0.5, 0.6) is 0 Å². The lowest BCUT2D eigenvalue weighted by molar-refractivity contribution is -0.870. The Labute approximate surface area is 136 Å². The number of likely N-dealkylation sites (N-methyl/N-ethyl adjacent to an activating group) is 1. The van der Waals surface area contributed by atoms with Crippen LogP contribution < -0.4 is 4.89 Å². The molecule has 0 bridgehead atoms. The molecule has 1 unspecified atom stereocenters. The van der Waals surface area contributed by atoms with Gasteiger partial charge in [-0.15, -0.1) is 6.58 Å². The SMILES string of the molecule is C=CCCCCCCCCCOP(=O)([O-])OCC[N+](C)(C)C. The van der Waals surface area contributed by atoms with Gasteiger partial charge in [-0.3, -0.25) is 4.57 Å². The molecule has 0 amide bonds. The Morgan fingerprint density at radius 3 is 2.00 bits per heavy atom. The molecule has 22 heavy (non-hydrogen) atoms. The summed E-state index contributed by atoms with van der Waals surface area (Å²) in [4.78, 5) is 11.5. The zero-order chi connectivity index (χ0) is 16.9. The number of hydrogen-bond donors (Lipinski definition) is 0. The van der Waals surface area contributed by atoms with Crippen molar-refractivity contribution >= 4 is 7.82 Å². The third-order valence-corrected chi connectivity index (χ3v) is 4.31. The predicted octanol–water partition coefficient (Wildman–Crippen LogP) is 3.50. The summed E-state index contributed by atoms with van der Waals surface area (Å²) in [6, 6.07) is 0. The van der Waals surface area contributed by atoms with Crippen molar-refractivity contribution in [1.29, 1.82) is 0 Å². The van der Waals surface area contributed by atoms with Gasteiger partial charge >= 0.3 is 0 Å². The van der Waals surface area contributed by atoms with E-state index in [0.29, 0.717) is 11.0 Å². The molecular formula is C16H34NO4P. The van der Waals surface area contributed by atoms with E-state index in [9.17, 15) is 9.46 Å². The van der Waals surface area contributed by atoms with Crippen LogP contribution in [0.15, 0.2) is 12.7 Å². The molecule has 0 N–H and O–H groups in total. The summed E-state index contributed by atoms with van der Waals surface area (Å²) in [7, 11) is 1.83. The first kappa shape index (κ1) is 21.8. The summed E-state index contributed by atoms with van der Waals surface area (Å²) in [5.74, 6) is 0. The number of rotatable bonds is 15. The number of hydrogen-bond acceptors (Lipinski definition) is 4. The van der Waals surface area contributed by atoms with E-state index < -0.39 is 7.82 Å². The predicted molar refractivity (Wildman–Crippen MR) is 89.5 cm³/mol. The maximum Gasteiger partial charge on any atom is 0.268 e. The molecule has 5 nitrogen and oxygen atoms in total. The molecule has 0 aromatic heterocycles. The van der Waals surface area contributed by atoms with Crippen LogP contribution in [0.25, 0.3) is 0 Å². The smallest absolute Gasteiger partial charge is 0.268 e. The molecule has 0 aliphatic rings. The van der Waals surface area contributed by atoms with Crippen molar-refractivity contribution in [3.05, 3.63) is 12.7 Å². The summed E-state index contributed by atoms with van der Waals surface area (Å²) in [5, 5.41) is 0. The van der Waals surface area contributed by atoms with Gasteiger partial charge in [0.25, 0.3) is 7.82 Å². The molecule has 0 saturated heterocycles. The molecule has 0 radical (unpaired) electrons. The highest BCUT2D eigenvalue weighted by atomic mass is 31.2. The van der Waals surface area contributed by atoms with E-state index in [1.165, 1.54) is 25.7 Å². The second-order valence-corrected chi connectivity index (χ2v) is 8.09. The first-order chi connectivity index (χ1) is 10.3. The first-order valence-electron chi connectivity index (χ1n) is 8.28. The largest absolute Gasteiger partial charge is 0.756 e. The number of phosphoric acid groups is 1. The maximum atomic E-state index is 11.5. The minimum atomic E-state index is -4.12. The summed E-state index contributed by atoms with van der Waals surface area (Å²) in [6.07, 6.45) is 10.9. The van der Waals surface area contributed by atoms with Crippen LogP contribution in [0, 0.1) is 0 Å². The molecule has 0 aliphatic heterocycles. The molecular weight excluding hydrogens is 301 g/mol. The minimum Gasteiger partial charge on any atom is -0.756 e. The fourth-order valence-electron chi connectivity index (χ4n) is 1.91. The third-order valence-electron chi connectivity index (χ3n) is 3.31. The standard InChI is InChI=1S/C16H34NO4P/c1-5-6-7-8-9-10-11-12-13-15-20-22(18,19)21-16-14-17(2,3)4/h5H,1,6-16H2,2-4H3. The van der Waals surface area contributed by atoms with E-state index in [1.54, 1.807) is 0 Å². The Morgan fingerprint density at radius 1 is 0.955 bits per heavy atom. The first-order valence-corrected chi connectivity index (χ1v) is 9.74. The lowest BCUT2D eigenvalue weighted by atomic mass is 10.1. The molecule has 6 heteroatoms. The van der Waals surface area contributed by atoms with Gasteiger partial charge in [0.05, 0.1) is 27.7 Å². The van der Waals surface area contributed by atoms with Gasteiger partial charge in [-0.05, 0) is 19.3 Å². The highest BCUT2D eigenvalue weighted by molar-refractivity contribution is 7.45. The van der Waals surface area contributed by atoms with E-state index in [2.05, 4.69) is 6.58 Å². The van der Waals surface area contributed by atoms with Crippen molar-refractivity contribution in [2.24, 2.45) is 0 Å². The lowest BCUT2D eigenvalue weighted by Crippen LogP contribution is -2.37. The Hall–Kier alpha value is -0.190. The van der Waals surface area contributed by atoms with Crippen molar-refractivity contribution in [1.82, 2.24) is 0 Å². The Morgan fingerprint density at radius 2 is 1.45 bits per heavy atom. The molecule has 0 aromatic rings. The molecule has 0 fully saturated rings. The summed E-state index contributed by atoms with van der Waals surface area (Å²) >= 11 is 0. The number of nitrogens with zero attached hydrogens (tertiary/aromatic N) is 1. The lowest BCUT2D eigenvalue weighted by Gasteiger charge is -2.27. The Kier molecular flexibility index (Phi) is 12.2. The van der Waals surface area contributed by atoms with E-state index in [1.807, 2.05) is 27.2 Å². The van der Waals surface area contributed by atoms with Crippen LogP contribution in [0.1, 0.15) is 51.4 Å². The van der Waals surface area contributed by atoms with Gasteiger partial charge < -0.3 is 18.4 Å². The average molecular weight is 335 g/mol. The van der Waals surface area contributed by atoms with Gasteiger partial charge in [0.2, 0.25) is 0 Å². The molecule has 0 spiro atoms. The topological polar surface area (TPSA) is 58.6 Å². The number of unbranched alkanes of at least 4 members (excludes halogenated alkanes) is 7. The molecule has 0 aromatic carbocycles. The molecule has 0 saturated carbocycles. The summed E-state index contributed by atoms with van der Waals surface area (Å²) in [5.41, 5.74) is 0. The van der Waals surface area contributed by atoms with Crippen LogP contribution in [0.3, 0.4) is 0 Å². The van der Waals surface area contributed by atoms with E-state index in [-0.39, 0.29) is 13.2 Å². The fourth-order valence-corrected chi connectivity index (χ4v) is 2.65. The Bertz CT molecular complexity index is 329. The van der Waals surface area contributed by atoms with Gasteiger partial charge in [-0.25, -0.2) is 0 Å². The van der Waals surface area contributed by atoms with E-state index >= 15 is 0 Å². The van der Waals surface area contributed by atoms with E-state index in [4.69, 9.17) is 9.05 Å². The van der Waals surface area contributed by atoms with Crippen molar-refractivity contribution in [3.63, 3.8) is 0 Å². The average Bonchev–Trinajstić information content (AvgIpc) is 2.39. The van der Waals surface area contributed by atoms with Gasteiger partial charge in [-0.1, -0.05) is 38.2 Å². The van der Waals surface area contributed by atoms with Crippen LogP contribution >= 0.6 is 7.82 Å². The van der Waals surface area contributed by atoms with Gasteiger partial charge in [0, 0.05) is 0 Å². The zero-order valence-corrected chi connectivity index (χ0v) is 15.5. The molecule has 0 rings (SSSR count). The van der Waals surface area contributed by atoms with Crippen molar-refractivity contribution in [3.8, 4) is 0 Å². The van der Waals surface area contributed by atoms with E-state index in [0.717, 1.165) is 25.7 Å². The Balaban J connectivity index is 3.45. The van der Waals surface area contributed by atoms with Crippen molar-refractivity contribution in [2.45, 2.75) is 51.4 Å². The molecule has 1 atom stereocenters. The molecule has 132 valence electrons. The van der Waals surface area contributed by atoms with Gasteiger partial charge in [0.15, 0.2) is 0 Å². The van der Waals surface area contributed by atoms with Crippen LogP contribution in [0.2, 0.25) is 0 Å². The van der Waals surface area contributed by atoms with Gasteiger partial charge in [0.1, 0.15) is 13.2 Å². The third kappa shape index (κ3) is 16.2. The molecule has 0 heterocycles. The molecule has 0 aliphatic carbocycles. The number of allylic oxidation sites excluding steroid dienone is 1. The monoisotopic (exact) mass is 335 g/mol. The van der Waals surface area contributed by atoms with Crippen molar-refractivity contribution in [2.75, 3.05) is 40.9 Å². The second-order valence-electron chi connectivity index (χ2n) is 6.68.